The van der Waals surface area contributed by atoms with Crippen molar-refractivity contribution in [2.24, 2.45) is 5.73 Å². The molecule has 0 unspecified atom stereocenters. The van der Waals surface area contributed by atoms with Gasteiger partial charge in [0.2, 0.25) is 0 Å². The fraction of sp³-hybridized carbons (Fsp3) is 0.357. The molecule has 18 heavy (non-hydrogen) atoms. The predicted octanol–water partition coefficient (Wildman–Crippen LogP) is 2.14. The molecule has 0 aliphatic carbocycles. The van der Waals surface area contributed by atoms with Crippen molar-refractivity contribution in [2.75, 3.05) is 6.54 Å². The van der Waals surface area contributed by atoms with Crippen LogP contribution in [0.15, 0.2) is 24.3 Å². The molecular weight excluding hydrogens is 229 g/mol. The largest absolute Gasteiger partial charge is 0.331 e. The van der Waals surface area contributed by atoms with E-state index in [-0.39, 0.29) is 5.82 Å². The van der Waals surface area contributed by atoms with Crippen LogP contribution in [0.4, 0.5) is 4.39 Å². The summed E-state index contributed by atoms with van der Waals surface area (Å²) in [5, 5.41) is 0. The third-order valence-corrected chi connectivity index (χ3v) is 3.41. The Labute approximate surface area is 105 Å². The topological polar surface area (TPSA) is 43.8 Å². The fourth-order valence-corrected chi connectivity index (χ4v) is 2.65. The van der Waals surface area contributed by atoms with E-state index in [1.54, 1.807) is 12.1 Å². The van der Waals surface area contributed by atoms with Crippen LogP contribution in [0.2, 0.25) is 0 Å². The lowest BCUT2D eigenvalue weighted by atomic mass is 10.1. The Balaban J connectivity index is 2.10. The summed E-state index contributed by atoms with van der Waals surface area (Å²) >= 11 is 0. The van der Waals surface area contributed by atoms with Crippen molar-refractivity contribution in [1.29, 1.82) is 0 Å². The normalized spacial score (nSPS) is 13.9. The summed E-state index contributed by atoms with van der Waals surface area (Å²) in [6, 6.07) is 6.65. The lowest BCUT2D eigenvalue weighted by Crippen LogP contribution is -2.08. The Morgan fingerprint density at radius 1 is 1.39 bits per heavy atom. The van der Waals surface area contributed by atoms with E-state index in [4.69, 9.17) is 5.73 Å². The molecule has 0 saturated carbocycles. The third-order valence-electron chi connectivity index (χ3n) is 3.41. The second-order valence-electron chi connectivity index (χ2n) is 4.63. The standard InChI is InChI=1S/C14H16FN3/c15-11-4-1-3-10(9-11)14-12-5-2-8-18(12)13(17-14)6-7-16/h1,3-4,9H,2,5-8,16H2. The number of nitrogens with two attached hydrogens (primary N) is 1. The summed E-state index contributed by atoms with van der Waals surface area (Å²) < 4.78 is 15.5. The zero-order chi connectivity index (χ0) is 12.5. The molecule has 4 heteroatoms. The predicted molar refractivity (Wildman–Crippen MR) is 68.7 cm³/mol. The van der Waals surface area contributed by atoms with Crippen LogP contribution in [0.1, 0.15) is 17.9 Å². The Kier molecular flexibility index (Phi) is 2.88. The summed E-state index contributed by atoms with van der Waals surface area (Å²) in [5.74, 6) is 0.817. The number of rotatable bonds is 3. The lowest BCUT2D eigenvalue weighted by molar-refractivity contribution is 0.628. The van der Waals surface area contributed by atoms with Crippen LogP contribution in [0.5, 0.6) is 0 Å². The highest BCUT2D eigenvalue weighted by atomic mass is 19.1. The van der Waals surface area contributed by atoms with Gasteiger partial charge in [0, 0.05) is 24.2 Å². The fourth-order valence-electron chi connectivity index (χ4n) is 2.65. The van der Waals surface area contributed by atoms with Gasteiger partial charge in [-0.25, -0.2) is 9.37 Å². The van der Waals surface area contributed by atoms with E-state index in [9.17, 15) is 4.39 Å². The summed E-state index contributed by atoms with van der Waals surface area (Å²) in [5.41, 5.74) is 8.63. The number of halogens is 1. The summed E-state index contributed by atoms with van der Waals surface area (Å²) in [7, 11) is 0. The number of aromatic nitrogens is 2. The molecule has 0 amide bonds. The molecule has 0 fully saturated rings. The zero-order valence-electron chi connectivity index (χ0n) is 10.2. The monoisotopic (exact) mass is 245 g/mol. The lowest BCUT2D eigenvalue weighted by Gasteiger charge is -2.01. The Hall–Kier alpha value is -1.68. The highest BCUT2D eigenvalue weighted by Crippen LogP contribution is 2.29. The molecule has 0 atom stereocenters. The molecular formula is C14H16FN3. The first-order valence-corrected chi connectivity index (χ1v) is 6.34. The average Bonchev–Trinajstić information content (AvgIpc) is 2.93. The van der Waals surface area contributed by atoms with E-state index in [1.165, 1.54) is 11.8 Å². The van der Waals surface area contributed by atoms with Crippen molar-refractivity contribution < 1.29 is 4.39 Å². The molecule has 1 aliphatic heterocycles. The van der Waals surface area contributed by atoms with E-state index in [0.29, 0.717) is 6.54 Å². The van der Waals surface area contributed by atoms with Gasteiger partial charge in [0.25, 0.3) is 0 Å². The van der Waals surface area contributed by atoms with Crippen molar-refractivity contribution in [3.63, 3.8) is 0 Å². The summed E-state index contributed by atoms with van der Waals surface area (Å²) in [6.07, 6.45) is 2.93. The number of hydrogen-bond acceptors (Lipinski definition) is 2. The van der Waals surface area contributed by atoms with Gasteiger partial charge in [0.05, 0.1) is 5.69 Å². The number of benzene rings is 1. The van der Waals surface area contributed by atoms with Gasteiger partial charge in [-0.15, -0.1) is 0 Å². The second kappa shape index (κ2) is 4.53. The van der Waals surface area contributed by atoms with E-state index in [2.05, 4.69) is 9.55 Å². The molecule has 3 nitrogen and oxygen atoms in total. The number of fused-ring (bicyclic) bond motifs is 1. The third kappa shape index (κ3) is 1.82. The quantitative estimate of drug-likeness (QED) is 0.900. The van der Waals surface area contributed by atoms with Crippen molar-refractivity contribution >= 4 is 0 Å². The van der Waals surface area contributed by atoms with Crippen LogP contribution >= 0.6 is 0 Å². The minimum atomic E-state index is -0.215. The van der Waals surface area contributed by atoms with Crippen LogP contribution in [-0.2, 0) is 19.4 Å². The maximum absolute atomic E-state index is 13.3. The molecule has 0 saturated heterocycles. The summed E-state index contributed by atoms with van der Waals surface area (Å²) in [6.45, 7) is 1.60. The minimum absolute atomic E-state index is 0.215. The highest BCUT2D eigenvalue weighted by Gasteiger charge is 2.21. The molecule has 94 valence electrons. The molecule has 2 heterocycles. The smallest absolute Gasteiger partial charge is 0.123 e. The van der Waals surface area contributed by atoms with Crippen LogP contribution in [0, 0.1) is 5.82 Å². The van der Waals surface area contributed by atoms with E-state index < -0.39 is 0 Å². The van der Waals surface area contributed by atoms with Crippen molar-refractivity contribution in [3.8, 4) is 11.3 Å². The van der Waals surface area contributed by atoms with Gasteiger partial charge >= 0.3 is 0 Å². The highest BCUT2D eigenvalue weighted by molar-refractivity contribution is 5.63. The van der Waals surface area contributed by atoms with E-state index >= 15 is 0 Å². The van der Waals surface area contributed by atoms with Crippen LogP contribution < -0.4 is 5.73 Å². The number of imidazole rings is 1. The van der Waals surface area contributed by atoms with Crippen LogP contribution in [-0.4, -0.2) is 16.1 Å². The first-order chi connectivity index (χ1) is 8.79. The van der Waals surface area contributed by atoms with Gasteiger partial charge in [-0.2, -0.15) is 0 Å². The average molecular weight is 245 g/mol. The second-order valence-corrected chi connectivity index (χ2v) is 4.63. The maximum atomic E-state index is 13.3. The molecule has 1 aromatic heterocycles. The van der Waals surface area contributed by atoms with Gasteiger partial charge in [0.15, 0.2) is 0 Å². The van der Waals surface area contributed by atoms with E-state index in [0.717, 1.165) is 42.9 Å². The first-order valence-electron chi connectivity index (χ1n) is 6.34. The first kappa shape index (κ1) is 11.4. The summed E-state index contributed by atoms with van der Waals surface area (Å²) in [4.78, 5) is 4.65. The van der Waals surface area contributed by atoms with E-state index in [1.807, 2.05) is 6.07 Å². The van der Waals surface area contributed by atoms with Gasteiger partial charge in [0.1, 0.15) is 11.6 Å². The van der Waals surface area contributed by atoms with Crippen molar-refractivity contribution in [2.45, 2.75) is 25.8 Å². The molecule has 3 rings (SSSR count). The molecule has 1 aliphatic rings. The zero-order valence-corrected chi connectivity index (χ0v) is 10.2. The van der Waals surface area contributed by atoms with Crippen molar-refractivity contribution in [3.05, 3.63) is 41.6 Å². The Morgan fingerprint density at radius 2 is 2.28 bits per heavy atom. The van der Waals surface area contributed by atoms with Gasteiger partial charge < -0.3 is 10.3 Å². The SMILES string of the molecule is NCCc1nc(-c2cccc(F)c2)c2n1CCC2. The van der Waals surface area contributed by atoms with Crippen LogP contribution in [0.3, 0.4) is 0 Å². The number of hydrogen-bond donors (Lipinski definition) is 1. The Morgan fingerprint density at radius 3 is 3.06 bits per heavy atom. The van der Waals surface area contributed by atoms with Crippen molar-refractivity contribution in [1.82, 2.24) is 9.55 Å². The minimum Gasteiger partial charge on any atom is -0.331 e. The molecule has 2 aromatic rings. The molecule has 1 aromatic carbocycles. The van der Waals surface area contributed by atoms with Gasteiger partial charge in [-0.3, -0.25) is 0 Å². The molecule has 2 N–H and O–H groups in total. The number of nitrogens with zero attached hydrogens (tertiary/aromatic N) is 2. The molecule has 0 bridgehead atoms. The molecule has 0 radical (unpaired) electrons. The Bertz CT molecular complexity index is 574. The van der Waals surface area contributed by atoms with Gasteiger partial charge in [-0.05, 0) is 31.5 Å². The maximum Gasteiger partial charge on any atom is 0.123 e. The van der Waals surface area contributed by atoms with Gasteiger partial charge in [-0.1, -0.05) is 12.1 Å². The molecule has 0 spiro atoms. The van der Waals surface area contributed by atoms with Crippen LogP contribution in [0.25, 0.3) is 11.3 Å².